The Bertz CT molecular complexity index is 421. The van der Waals surface area contributed by atoms with Crippen LogP contribution in [0.5, 0.6) is 5.75 Å². The quantitative estimate of drug-likeness (QED) is 0.794. The molecule has 0 saturated carbocycles. The molecule has 0 aliphatic carbocycles. The van der Waals surface area contributed by atoms with Gasteiger partial charge in [-0.2, -0.15) is 0 Å². The predicted molar refractivity (Wildman–Crippen MR) is 59.2 cm³/mol. The summed E-state index contributed by atoms with van der Waals surface area (Å²) in [7, 11) is 0. The molecule has 4 nitrogen and oxygen atoms in total. The lowest BCUT2D eigenvalue weighted by Crippen LogP contribution is -2.10. The average molecular weight is 222 g/mol. The summed E-state index contributed by atoms with van der Waals surface area (Å²) in [5.74, 6) is -0.843. The van der Waals surface area contributed by atoms with Gasteiger partial charge in [0, 0.05) is 0 Å². The van der Waals surface area contributed by atoms with Gasteiger partial charge in [-0.1, -0.05) is 0 Å². The largest absolute Gasteiger partial charge is 0.490 e. The number of hydrogen-bond acceptors (Lipinski definition) is 3. The number of carbonyl (C=O) groups is 2. The highest BCUT2D eigenvalue weighted by Gasteiger charge is 2.13. The normalized spacial score (nSPS) is 10.2. The number of ether oxygens (including phenoxy) is 1. The van der Waals surface area contributed by atoms with Crippen LogP contribution in [0.25, 0.3) is 0 Å². The van der Waals surface area contributed by atoms with E-state index in [9.17, 15) is 9.59 Å². The second-order valence-corrected chi connectivity index (χ2v) is 3.74. The Hall–Kier alpha value is -1.84. The number of carboxylic acids is 1. The second-order valence-electron chi connectivity index (χ2n) is 3.74. The Morgan fingerprint density at radius 2 is 1.94 bits per heavy atom. The van der Waals surface area contributed by atoms with Crippen molar-refractivity contribution in [1.29, 1.82) is 0 Å². The Morgan fingerprint density at radius 1 is 1.31 bits per heavy atom. The number of Topliss-reactive ketones (excluding diaryl/α,β-unsaturated/α-hetero) is 1. The number of ketones is 1. The number of rotatable bonds is 4. The maximum absolute atomic E-state index is 11.3. The summed E-state index contributed by atoms with van der Waals surface area (Å²) in [4.78, 5) is 22.1. The molecule has 1 N–H and O–H groups in total. The molecular formula is C12H14O4. The van der Waals surface area contributed by atoms with Gasteiger partial charge in [0.05, 0.1) is 17.2 Å². The number of carbonyl (C=O) groups excluding carboxylic acids is 1. The van der Waals surface area contributed by atoms with Crippen molar-refractivity contribution in [2.45, 2.75) is 26.9 Å². The first kappa shape index (κ1) is 12.2. The summed E-state index contributed by atoms with van der Waals surface area (Å²) < 4.78 is 5.43. The Kier molecular flexibility index (Phi) is 3.66. The van der Waals surface area contributed by atoms with Crippen molar-refractivity contribution in [3.63, 3.8) is 0 Å². The zero-order valence-corrected chi connectivity index (χ0v) is 9.48. The topological polar surface area (TPSA) is 63.6 Å². The van der Waals surface area contributed by atoms with Crippen LogP contribution in [0.2, 0.25) is 0 Å². The summed E-state index contributed by atoms with van der Waals surface area (Å²) in [5, 5.41) is 8.81. The molecule has 0 aromatic heterocycles. The molecule has 0 aliphatic rings. The van der Waals surface area contributed by atoms with Gasteiger partial charge < -0.3 is 9.84 Å². The highest BCUT2D eigenvalue weighted by Crippen LogP contribution is 2.22. The van der Waals surface area contributed by atoms with Crippen LogP contribution in [0, 0.1) is 0 Å². The van der Waals surface area contributed by atoms with Gasteiger partial charge in [0.15, 0.2) is 5.78 Å². The number of benzene rings is 1. The lowest BCUT2D eigenvalue weighted by atomic mass is 10.1. The van der Waals surface area contributed by atoms with Crippen LogP contribution in [0.3, 0.4) is 0 Å². The van der Waals surface area contributed by atoms with Gasteiger partial charge in [-0.15, -0.1) is 0 Å². The van der Waals surface area contributed by atoms with E-state index in [1.165, 1.54) is 25.1 Å². The number of carboxylic acid groups (broad SMARTS) is 1. The molecule has 0 aliphatic heterocycles. The third-order valence-corrected chi connectivity index (χ3v) is 1.97. The summed E-state index contributed by atoms with van der Waals surface area (Å²) in [6.45, 7) is 5.07. The summed E-state index contributed by atoms with van der Waals surface area (Å²) >= 11 is 0. The van der Waals surface area contributed by atoms with Crippen molar-refractivity contribution in [1.82, 2.24) is 0 Å². The number of aromatic carboxylic acids is 1. The molecule has 86 valence electrons. The van der Waals surface area contributed by atoms with E-state index in [-0.39, 0.29) is 17.5 Å². The second kappa shape index (κ2) is 4.79. The Morgan fingerprint density at radius 3 is 2.38 bits per heavy atom. The van der Waals surface area contributed by atoms with Gasteiger partial charge in [0.2, 0.25) is 0 Å². The van der Waals surface area contributed by atoms with E-state index >= 15 is 0 Å². The summed E-state index contributed by atoms with van der Waals surface area (Å²) in [6.07, 6.45) is -0.0613. The zero-order chi connectivity index (χ0) is 12.3. The van der Waals surface area contributed by atoms with Crippen LogP contribution in [-0.2, 0) is 0 Å². The third kappa shape index (κ3) is 2.82. The molecule has 0 amide bonds. The fraction of sp³-hybridized carbons (Fsp3) is 0.333. The standard InChI is InChI=1S/C12H14O4/c1-7(2)16-11-5-4-9(12(14)15)6-10(11)8(3)13/h4-7H,1-3H3,(H,14,15). The van der Waals surface area contributed by atoms with Crippen molar-refractivity contribution in [3.8, 4) is 5.75 Å². The van der Waals surface area contributed by atoms with Gasteiger partial charge >= 0.3 is 5.97 Å². The van der Waals surface area contributed by atoms with Crippen LogP contribution in [0.1, 0.15) is 41.5 Å². The molecule has 1 aromatic rings. The average Bonchev–Trinajstić information content (AvgIpc) is 2.16. The summed E-state index contributed by atoms with van der Waals surface area (Å²) in [6, 6.07) is 4.27. The molecule has 0 radical (unpaired) electrons. The van der Waals surface area contributed by atoms with E-state index in [1.807, 2.05) is 13.8 Å². The molecule has 0 unspecified atom stereocenters. The summed E-state index contributed by atoms with van der Waals surface area (Å²) in [5.41, 5.74) is 0.384. The maximum atomic E-state index is 11.3. The van der Waals surface area contributed by atoms with Crippen molar-refractivity contribution in [3.05, 3.63) is 29.3 Å². The Labute approximate surface area is 93.9 Å². The third-order valence-electron chi connectivity index (χ3n) is 1.97. The van der Waals surface area contributed by atoms with Crippen LogP contribution < -0.4 is 4.74 Å². The molecule has 0 heterocycles. The number of hydrogen-bond donors (Lipinski definition) is 1. The lowest BCUT2D eigenvalue weighted by molar-refractivity contribution is 0.0697. The van der Waals surface area contributed by atoms with E-state index < -0.39 is 5.97 Å². The van der Waals surface area contributed by atoms with Crippen molar-refractivity contribution >= 4 is 11.8 Å². The van der Waals surface area contributed by atoms with Gasteiger partial charge in [-0.3, -0.25) is 4.79 Å². The molecule has 16 heavy (non-hydrogen) atoms. The van der Waals surface area contributed by atoms with Gasteiger partial charge in [-0.25, -0.2) is 4.79 Å². The molecule has 0 saturated heterocycles. The zero-order valence-electron chi connectivity index (χ0n) is 9.48. The minimum absolute atomic E-state index is 0.0613. The maximum Gasteiger partial charge on any atom is 0.335 e. The van der Waals surface area contributed by atoms with E-state index in [0.717, 1.165) is 0 Å². The molecule has 0 bridgehead atoms. The predicted octanol–water partition coefficient (Wildman–Crippen LogP) is 2.37. The van der Waals surface area contributed by atoms with Crippen LogP contribution >= 0.6 is 0 Å². The lowest BCUT2D eigenvalue weighted by Gasteiger charge is -2.13. The van der Waals surface area contributed by atoms with Gasteiger partial charge in [0.25, 0.3) is 0 Å². The Balaban J connectivity index is 3.19. The first-order valence-corrected chi connectivity index (χ1v) is 4.96. The fourth-order valence-electron chi connectivity index (χ4n) is 1.29. The SMILES string of the molecule is CC(=O)c1cc(C(=O)O)ccc1OC(C)C. The van der Waals surface area contributed by atoms with Gasteiger partial charge in [-0.05, 0) is 39.0 Å². The van der Waals surface area contributed by atoms with E-state index in [2.05, 4.69) is 0 Å². The van der Waals surface area contributed by atoms with E-state index in [0.29, 0.717) is 11.3 Å². The van der Waals surface area contributed by atoms with Crippen LogP contribution in [0.4, 0.5) is 0 Å². The minimum Gasteiger partial charge on any atom is -0.490 e. The van der Waals surface area contributed by atoms with Crippen molar-refractivity contribution in [2.24, 2.45) is 0 Å². The molecule has 0 fully saturated rings. The van der Waals surface area contributed by atoms with Gasteiger partial charge in [0.1, 0.15) is 5.75 Å². The monoisotopic (exact) mass is 222 g/mol. The molecular weight excluding hydrogens is 208 g/mol. The van der Waals surface area contributed by atoms with Crippen molar-refractivity contribution < 1.29 is 19.4 Å². The van der Waals surface area contributed by atoms with Crippen LogP contribution in [0.15, 0.2) is 18.2 Å². The molecule has 0 atom stereocenters. The van der Waals surface area contributed by atoms with Crippen LogP contribution in [-0.4, -0.2) is 23.0 Å². The highest BCUT2D eigenvalue weighted by molar-refractivity contribution is 5.99. The fourth-order valence-corrected chi connectivity index (χ4v) is 1.29. The smallest absolute Gasteiger partial charge is 0.335 e. The van der Waals surface area contributed by atoms with E-state index in [4.69, 9.17) is 9.84 Å². The minimum atomic E-state index is -1.06. The first-order valence-electron chi connectivity index (χ1n) is 4.96. The molecule has 1 aromatic carbocycles. The first-order chi connectivity index (χ1) is 7.41. The van der Waals surface area contributed by atoms with E-state index in [1.54, 1.807) is 0 Å². The van der Waals surface area contributed by atoms with Crippen molar-refractivity contribution in [2.75, 3.05) is 0 Å². The molecule has 1 rings (SSSR count). The molecule has 4 heteroatoms. The molecule has 0 spiro atoms. The highest BCUT2D eigenvalue weighted by atomic mass is 16.5.